The van der Waals surface area contributed by atoms with E-state index >= 15 is 0 Å². The number of carbonyl (C=O) groups excluding carboxylic acids is 2. The van der Waals surface area contributed by atoms with Gasteiger partial charge in [0.25, 0.3) is 0 Å². The second kappa shape index (κ2) is 10.3. The number of benzene rings is 3. The van der Waals surface area contributed by atoms with Crippen LogP contribution >= 0.6 is 11.6 Å². The van der Waals surface area contributed by atoms with Crippen molar-refractivity contribution in [3.8, 4) is 5.82 Å². The Morgan fingerprint density at radius 1 is 0.925 bits per heavy atom. The summed E-state index contributed by atoms with van der Waals surface area (Å²) in [5.74, 6) is -3.39. The lowest BCUT2D eigenvalue weighted by molar-refractivity contribution is -0.137. The minimum atomic E-state index is -4.77. The van der Waals surface area contributed by atoms with Crippen molar-refractivity contribution in [2.75, 3.05) is 10.6 Å². The van der Waals surface area contributed by atoms with E-state index in [0.717, 1.165) is 18.2 Å². The summed E-state index contributed by atoms with van der Waals surface area (Å²) in [6, 6.07) is 7.33. The molecule has 3 aromatic carbocycles. The number of hydrogen-bond donors (Lipinski definition) is 2. The number of imidazole rings is 1. The van der Waals surface area contributed by atoms with Crippen LogP contribution in [0.1, 0.15) is 21.5 Å². The topological polar surface area (TPSA) is 102 Å². The summed E-state index contributed by atoms with van der Waals surface area (Å²) in [6.45, 7) is 0. The van der Waals surface area contributed by atoms with Gasteiger partial charge in [-0.25, -0.2) is 23.5 Å². The van der Waals surface area contributed by atoms with E-state index in [1.165, 1.54) is 30.7 Å². The zero-order valence-electron chi connectivity index (χ0n) is 19.8. The van der Waals surface area contributed by atoms with Gasteiger partial charge in [0, 0.05) is 35.4 Å². The Kier molecular flexibility index (Phi) is 6.90. The van der Waals surface area contributed by atoms with Crippen LogP contribution in [0.4, 0.5) is 38.1 Å². The third-order valence-electron chi connectivity index (χ3n) is 5.62. The third-order valence-corrected chi connectivity index (χ3v) is 5.95. The van der Waals surface area contributed by atoms with Crippen LogP contribution in [0.3, 0.4) is 0 Å². The molecule has 40 heavy (non-hydrogen) atoms. The normalized spacial score (nSPS) is 11.4. The van der Waals surface area contributed by atoms with E-state index in [1.807, 2.05) is 0 Å². The highest BCUT2D eigenvalue weighted by Crippen LogP contribution is 2.36. The fourth-order valence-corrected chi connectivity index (χ4v) is 3.98. The maximum absolute atomic E-state index is 14.7. The van der Waals surface area contributed by atoms with Crippen molar-refractivity contribution < 1.29 is 31.5 Å². The van der Waals surface area contributed by atoms with Gasteiger partial charge in [0.05, 0.1) is 33.4 Å². The van der Waals surface area contributed by atoms with Gasteiger partial charge < -0.3 is 10.6 Å². The van der Waals surface area contributed by atoms with Crippen LogP contribution in [0.2, 0.25) is 5.02 Å². The molecule has 0 aliphatic rings. The minimum Gasteiger partial charge on any atom is -0.308 e. The summed E-state index contributed by atoms with van der Waals surface area (Å²) in [6.07, 6.45) is 1.41. The molecule has 202 valence electrons. The van der Waals surface area contributed by atoms with Crippen LogP contribution in [0.5, 0.6) is 0 Å². The van der Waals surface area contributed by atoms with Crippen molar-refractivity contribution in [3.05, 3.63) is 107 Å². The van der Waals surface area contributed by atoms with Crippen LogP contribution in [0.25, 0.3) is 16.9 Å². The summed E-state index contributed by atoms with van der Waals surface area (Å²) < 4.78 is 70.0. The maximum Gasteiger partial charge on any atom is 0.417 e. The van der Waals surface area contributed by atoms with Gasteiger partial charge in [-0.1, -0.05) is 11.6 Å². The first-order valence-electron chi connectivity index (χ1n) is 11.2. The van der Waals surface area contributed by atoms with Crippen LogP contribution < -0.4 is 10.6 Å². The zero-order chi connectivity index (χ0) is 28.6. The highest BCUT2D eigenvalue weighted by Gasteiger charge is 2.33. The number of aromatic nitrogens is 4. The van der Waals surface area contributed by atoms with Crippen molar-refractivity contribution >= 4 is 45.8 Å². The van der Waals surface area contributed by atoms with E-state index in [9.17, 15) is 31.5 Å². The van der Waals surface area contributed by atoms with Gasteiger partial charge in [-0.3, -0.25) is 14.3 Å². The first-order chi connectivity index (χ1) is 19.0. The van der Waals surface area contributed by atoms with Crippen molar-refractivity contribution in [1.82, 2.24) is 19.5 Å². The third kappa shape index (κ3) is 5.45. The lowest BCUT2D eigenvalue weighted by Crippen LogP contribution is -2.20. The van der Waals surface area contributed by atoms with Gasteiger partial charge in [-0.15, -0.1) is 0 Å². The first kappa shape index (κ1) is 26.7. The van der Waals surface area contributed by atoms with Crippen molar-refractivity contribution in [2.24, 2.45) is 0 Å². The minimum absolute atomic E-state index is 0.0367. The van der Waals surface area contributed by atoms with Crippen molar-refractivity contribution in [1.29, 1.82) is 0 Å². The molecule has 0 unspecified atom stereocenters. The predicted octanol–water partition coefficient (Wildman–Crippen LogP) is 6.64. The van der Waals surface area contributed by atoms with Crippen LogP contribution in [0.15, 0.2) is 73.4 Å². The number of anilines is 2. The number of amides is 2. The number of rotatable bonds is 5. The highest BCUT2D eigenvalue weighted by atomic mass is 35.5. The first-order valence-corrected chi connectivity index (χ1v) is 11.6. The monoisotopic (exact) mass is 572 g/mol. The largest absolute Gasteiger partial charge is 0.417 e. The molecule has 0 radical (unpaired) electrons. The summed E-state index contributed by atoms with van der Waals surface area (Å²) in [5, 5.41) is 3.76. The summed E-state index contributed by atoms with van der Waals surface area (Å²) in [4.78, 5) is 38.2. The molecule has 2 N–H and O–H groups in total. The highest BCUT2D eigenvalue weighted by molar-refractivity contribution is 6.31. The molecule has 8 nitrogen and oxygen atoms in total. The zero-order valence-corrected chi connectivity index (χ0v) is 20.6. The van der Waals surface area contributed by atoms with E-state index < -0.39 is 45.8 Å². The van der Waals surface area contributed by atoms with E-state index in [2.05, 4.69) is 25.6 Å². The fraction of sp³-hybridized carbons (Fsp3) is 0.0385. The van der Waals surface area contributed by atoms with Crippen molar-refractivity contribution in [2.45, 2.75) is 6.18 Å². The second-order valence-corrected chi connectivity index (χ2v) is 8.73. The Balaban J connectivity index is 1.40. The number of hydrogen-bond acceptors (Lipinski definition) is 5. The average Bonchev–Trinajstić information content (AvgIpc) is 3.45. The molecule has 5 aromatic rings. The number of urea groups is 1. The maximum atomic E-state index is 14.7. The van der Waals surface area contributed by atoms with Crippen LogP contribution in [0, 0.1) is 11.6 Å². The Bertz CT molecular complexity index is 1780. The van der Waals surface area contributed by atoms with Gasteiger partial charge in [-0.2, -0.15) is 13.2 Å². The SMILES string of the molecule is O=C(Nc1cc(F)c(F)c(C(=O)c2ccc3ncc(-n4ccnc4)nc3c2)c1)Nc1ccc(Cl)c(C(F)(F)F)c1. The molecule has 2 heterocycles. The summed E-state index contributed by atoms with van der Waals surface area (Å²) >= 11 is 5.57. The molecule has 0 atom stereocenters. The molecular formula is C26H14ClF5N6O2. The fourth-order valence-electron chi connectivity index (χ4n) is 3.76. The molecule has 0 bridgehead atoms. The average molecular weight is 573 g/mol. The van der Waals surface area contributed by atoms with Crippen molar-refractivity contribution in [3.63, 3.8) is 0 Å². The molecule has 0 fully saturated rings. The van der Waals surface area contributed by atoms with E-state index in [-0.39, 0.29) is 16.9 Å². The lowest BCUT2D eigenvalue weighted by atomic mass is 10.0. The number of carbonyl (C=O) groups is 2. The van der Waals surface area contributed by atoms with Gasteiger partial charge in [0.15, 0.2) is 23.2 Å². The molecule has 2 amide bonds. The number of halogens is 6. The molecule has 0 aliphatic heterocycles. The predicted molar refractivity (Wildman–Crippen MR) is 136 cm³/mol. The summed E-state index contributed by atoms with van der Waals surface area (Å²) in [7, 11) is 0. The van der Waals surface area contributed by atoms with Crippen LogP contribution in [-0.4, -0.2) is 31.3 Å². The summed E-state index contributed by atoms with van der Waals surface area (Å²) in [5.41, 5.74) is -1.76. The Morgan fingerprint density at radius 2 is 1.70 bits per heavy atom. The second-order valence-electron chi connectivity index (χ2n) is 8.32. The van der Waals surface area contributed by atoms with E-state index in [0.29, 0.717) is 29.0 Å². The quantitative estimate of drug-likeness (QED) is 0.182. The number of nitrogens with one attached hydrogen (secondary N) is 2. The van der Waals surface area contributed by atoms with Gasteiger partial charge in [0.1, 0.15) is 6.33 Å². The van der Waals surface area contributed by atoms with E-state index in [4.69, 9.17) is 11.6 Å². The molecule has 14 heteroatoms. The molecule has 0 aliphatic carbocycles. The smallest absolute Gasteiger partial charge is 0.308 e. The molecule has 0 saturated carbocycles. The molecule has 2 aromatic heterocycles. The standard InChI is InChI=1S/C26H14ClF5N6O2/c27-18-3-2-14(9-17(18)26(30,31)32)35-25(40)36-15-8-16(23(29)19(28)10-15)24(39)13-1-4-20-21(7-13)37-22(11-34-20)38-6-5-33-12-38/h1-12H,(H2,35,36,40). The van der Waals surface area contributed by atoms with Gasteiger partial charge in [0.2, 0.25) is 0 Å². The number of alkyl halides is 3. The Morgan fingerprint density at radius 3 is 2.42 bits per heavy atom. The van der Waals surface area contributed by atoms with Crippen LogP contribution in [-0.2, 0) is 6.18 Å². The molecule has 0 saturated heterocycles. The lowest BCUT2D eigenvalue weighted by Gasteiger charge is -2.13. The Hall–Kier alpha value is -4.91. The molecule has 5 rings (SSSR count). The number of ketones is 1. The molecular weight excluding hydrogens is 559 g/mol. The Labute approximate surface area is 226 Å². The number of fused-ring (bicyclic) bond motifs is 1. The van der Waals surface area contributed by atoms with Gasteiger partial charge >= 0.3 is 12.2 Å². The molecule has 0 spiro atoms. The van der Waals surface area contributed by atoms with Gasteiger partial charge in [-0.05, 0) is 42.5 Å². The van der Waals surface area contributed by atoms with E-state index in [1.54, 1.807) is 17.0 Å². The number of nitrogens with zero attached hydrogens (tertiary/aromatic N) is 4.